The highest BCUT2D eigenvalue weighted by molar-refractivity contribution is 5.72. The molecule has 4 rings (SSSR count). The summed E-state index contributed by atoms with van der Waals surface area (Å²) < 4.78 is 5.71. The molecule has 0 radical (unpaired) electrons. The number of hydrogen-bond acceptors (Lipinski definition) is 7. The molecule has 7 nitrogen and oxygen atoms in total. The predicted molar refractivity (Wildman–Crippen MR) is 95.3 cm³/mol. The van der Waals surface area contributed by atoms with Gasteiger partial charge in [-0.3, -0.25) is 0 Å². The Bertz CT molecular complexity index is 1110. The fourth-order valence-corrected chi connectivity index (χ4v) is 2.51. The number of benzene rings is 2. The summed E-state index contributed by atoms with van der Waals surface area (Å²) in [4.78, 5) is 8.66. The van der Waals surface area contributed by atoms with Gasteiger partial charge >= 0.3 is 0 Å². The Morgan fingerprint density at radius 3 is 2.46 bits per heavy atom. The average Bonchev–Trinajstić information content (AvgIpc) is 3.19. The van der Waals surface area contributed by atoms with Crippen molar-refractivity contribution < 1.29 is 4.42 Å². The average molecular weight is 340 g/mol. The largest absolute Gasteiger partial charge is 0.414 e. The minimum Gasteiger partial charge on any atom is -0.414 e. The van der Waals surface area contributed by atoms with Crippen molar-refractivity contribution in [2.75, 3.05) is 5.73 Å². The van der Waals surface area contributed by atoms with E-state index in [1.54, 1.807) is 18.2 Å². The lowest BCUT2D eigenvalue weighted by Gasteiger charge is -2.05. The van der Waals surface area contributed by atoms with Crippen molar-refractivity contribution >= 4 is 5.82 Å². The highest BCUT2D eigenvalue weighted by Gasteiger charge is 2.17. The van der Waals surface area contributed by atoms with Crippen LogP contribution in [0.5, 0.6) is 0 Å². The summed E-state index contributed by atoms with van der Waals surface area (Å²) in [5.41, 5.74) is 8.69. The van der Waals surface area contributed by atoms with Gasteiger partial charge in [0.1, 0.15) is 0 Å². The first-order valence-electron chi connectivity index (χ1n) is 7.77. The second kappa shape index (κ2) is 6.45. The predicted octanol–water partition coefficient (Wildman–Crippen LogP) is 3.31. The van der Waals surface area contributed by atoms with Gasteiger partial charge in [-0.05, 0) is 18.2 Å². The number of aromatic nitrogens is 4. The summed E-state index contributed by atoms with van der Waals surface area (Å²) in [6.45, 7) is 0. The highest BCUT2D eigenvalue weighted by Crippen LogP contribution is 2.28. The summed E-state index contributed by atoms with van der Waals surface area (Å²) in [6, 6.07) is 18.7. The van der Waals surface area contributed by atoms with Crippen molar-refractivity contribution in [3.8, 4) is 40.4 Å². The minimum atomic E-state index is 0.171. The summed E-state index contributed by atoms with van der Waals surface area (Å²) in [7, 11) is 0. The van der Waals surface area contributed by atoms with Crippen LogP contribution in [0.25, 0.3) is 34.3 Å². The van der Waals surface area contributed by atoms with Crippen LogP contribution in [0.4, 0.5) is 5.82 Å². The summed E-state index contributed by atoms with van der Waals surface area (Å²) in [6.07, 6.45) is 1.52. The number of hydrogen-bond donors (Lipinski definition) is 1. The van der Waals surface area contributed by atoms with Gasteiger partial charge in [0.15, 0.2) is 11.5 Å². The smallest absolute Gasteiger partial charge is 0.270 e. The number of nitrogen functional groups attached to an aromatic ring is 1. The number of nitrogens with zero attached hydrogens (tertiary/aromatic N) is 5. The van der Waals surface area contributed by atoms with Crippen LogP contribution in [0.3, 0.4) is 0 Å². The van der Waals surface area contributed by atoms with Gasteiger partial charge in [0, 0.05) is 11.1 Å². The molecular weight excluding hydrogens is 328 g/mol. The van der Waals surface area contributed by atoms with E-state index >= 15 is 0 Å². The van der Waals surface area contributed by atoms with Gasteiger partial charge in [0.25, 0.3) is 5.89 Å². The molecule has 0 atom stereocenters. The van der Waals surface area contributed by atoms with Gasteiger partial charge in [-0.1, -0.05) is 36.4 Å². The molecule has 0 aliphatic heterocycles. The Kier molecular flexibility index (Phi) is 3.84. The van der Waals surface area contributed by atoms with Crippen LogP contribution >= 0.6 is 0 Å². The van der Waals surface area contributed by atoms with Crippen LogP contribution in [-0.2, 0) is 0 Å². The number of nitrogens with two attached hydrogens (primary N) is 1. The standard InChI is InChI=1S/C19H12N6O/c20-10-13-8-4-5-9-14(13)15-11-22-17(21)16(23-15)19-25-24-18(26-19)12-6-2-1-3-7-12/h1-9,11H,(H2,21,22). The van der Waals surface area contributed by atoms with Crippen LogP contribution < -0.4 is 5.73 Å². The van der Waals surface area contributed by atoms with Crippen molar-refractivity contribution in [1.29, 1.82) is 5.26 Å². The number of nitriles is 1. The highest BCUT2D eigenvalue weighted by atomic mass is 16.4. The number of anilines is 1. The monoisotopic (exact) mass is 340 g/mol. The van der Waals surface area contributed by atoms with Gasteiger partial charge in [-0.25, -0.2) is 9.97 Å². The third-order valence-corrected chi connectivity index (χ3v) is 3.77. The molecule has 0 saturated heterocycles. The fourth-order valence-electron chi connectivity index (χ4n) is 2.51. The van der Waals surface area contributed by atoms with E-state index in [9.17, 15) is 5.26 Å². The maximum Gasteiger partial charge on any atom is 0.270 e. The lowest BCUT2D eigenvalue weighted by molar-refractivity contribution is 0.582. The van der Waals surface area contributed by atoms with E-state index in [1.807, 2.05) is 36.4 Å². The van der Waals surface area contributed by atoms with Gasteiger partial charge in [-0.2, -0.15) is 5.26 Å². The first-order valence-corrected chi connectivity index (χ1v) is 7.77. The molecule has 0 fully saturated rings. The zero-order valence-electron chi connectivity index (χ0n) is 13.5. The van der Waals surface area contributed by atoms with E-state index in [2.05, 4.69) is 26.2 Å². The molecule has 26 heavy (non-hydrogen) atoms. The second-order valence-electron chi connectivity index (χ2n) is 5.42. The molecule has 2 aromatic carbocycles. The van der Waals surface area contributed by atoms with Crippen LogP contribution in [0, 0.1) is 11.3 Å². The van der Waals surface area contributed by atoms with Gasteiger partial charge < -0.3 is 10.2 Å². The molecule has 4 aromatic rings. The van der Waals surface area contributed by atoms with Crippen LogP contribution in [0.15, 0.2) is 65.2 Å². The van der Waals surface area contributed by atoms with E-state index in [0.29, 0.717) is 22.7 Å². The fraction of sp³-hybridized carbons (Fsp3) is 0. The second-order valence-corrected chi connectivity index (χ2v) is 5.42. The molecule has 2 aromatic heterocycles. The van der Waals surface area contributed by atoms with Crippen molar-refractivity contribution in [3.05, 3.63) is 66.4 Å². The van der Waals surface area contributed by atoms with E-state index in [0.717, 1.165) is 5.56 Å². The molecule has 0 unspecified atom stereocenters. The van der Waals surface area contributed by atoms with Gasteiger partial charge in [0.2, 0.25) is 5.89 Å². The Labute approximate surface area is 148 Å². The summed E-state index contributed by atoms with van der Waals surface area (Å²) >= 11 is 0. The van der Waals surface area contributed by atoms with Crippen LogP contribution in [-0.4, -0.2) is 20.2 Å². The van der Waals surface area contributed by atoms with E-state index < -0.39 is 0 Å². The van der Waals surface area contributed by atoms with Crippen molar-refractivity contribution in [2.45, 2.75) is 0 Å². The molecule has 0 amide bonds. The molecule has 0 spiro atoms. The Hall–Kier alpha value is -4.05. The quantitative estimate of drug-likeness (QED) is 0.608. The Morgan fingerprint density at radius 2 is 1.65 bits per heavy atom. The normalized spacial score (nSPS) is 10.4. The van der Waals surface area contributed by atoms with E-state index in [1.165, 1.54) is 6.20 Å². The summed E-state index contributed by atoms with van der Waals surface area (Å²) in [5.74, 6) is 0.709. The third-order valence-electron chi connectivity index (χ3n) is 3.77. The molecule has 7 heteroatoms. The lowest BCUT2D eigenvalue weighted by atomic mass is 10.1. The maximum absolute atomic E-state index is 9.29. The maximum atomic E-state index is 9.29. The van der Waals surface area contributed by atoms with Gasteiger partial charge in [0.05, 0.1) is 23.5 Å². The van der Waals surface area contributed by atoms with Crippen molar-refractivity contribution in [1.82, 2.24) is 20.2 Å². The third kappa shape index (κ3) is 2.76. The molecule has 2 N–H and O–H groups in total. The van der Waals surface area contributed by atoms with E-state index in [4.69, 9.17) is 10.2 Å². The number of rotatable bonds is 3. The molecule has 0 saturated carbocycles. The topological polar surface area (TPSA) is 115 Å². The SMILES string of the molecule is N#Cc1ccccc1-c1cnc(N)c(-c2nnc(-c3ccccc3)o2)n1. The Balaban J connectivity index is 1.79. The van der Waals surface area contributed by atoms with E-state index in [-0.39, 0.29) is 17.4 Å². The first kappa shape index (κ1) is 15.5. The van der Waals surface area contributed by atoms with Crippen molar-refractivity contribution in [3.63, 3.8) is 0 Å². The van der Waals surface area contributed by atoms with Crippen molar-refractivity contribution in [2.24, 2.45) is 0 Å². The zero-order valence-corrected chi connectivity index (χ0v) is 13.5. The first-order chi connectivity index (χ1) is 12.8. The molecule has 124 valence electrons. The van der Waals surface area contributed by atoms with Gasteiger partial charge in [-0.15, -0.1) is 10.2 Å². The molecular formula is C19H12N6O. The molecule has 0 bridgehead atoms. The molecule has 0 aliphatic rings. The Morgan fingerprint density at radius 1 is 0.923 bits per heavy atom. The lowest BCUT2D eigenvalue weighted by Crippen LogP contribution is -1.99. The molecule has 0 aliphatic carbocycles. The summed E-state index contributed by atoms with van der Waals surface area (Å²) in [5, 5.41) is 17.4. The minimum absolute atomic E-state index is 0.171. The zero-order chi connectivity index (χ0) is 17.9. The van der Waals surface area contributed by atoms with Crippen LogP contribution in [0.1, 0.15) is 5.56 Å². The van der Waals surface area contributed by atoms with Crippen LogP contribution in [0.2, 0.25) is 0 Å². The molecule has 2 heterocycles.